The van der Waals surface area contributed by atoms with Crippen LogP contribution in [0.2, 0.25) is 5.02 Å². The number of benzene rings is 1. The maximum absolute atomic E-state index is 11.8. The highest BCUT2D eigenvalue weighted by Gasteiger charge is 2.23. The molecule has 1 amide bonds. The van der Waals surface area contributed by atoms with Crippen LogP contribution in [-0.2, 0) is 14.3 Å². The minimum absolute atomic E-state index is 0.0692. The van der Waals surface area contributed by atoms with Crippen LogP contribution >= 0.6 is 11.6 Å². The Morgan fingerprint density at radius 2 is 2.16 bits per heavy atom. The average Bonchev–Trinajstić information content (AvgIpc) is 2.41. The van der Waals surface area contributed by atoms with Crippen molar-refractivity contribution < 1.29 is 24.2 Å². The van der Waals surface area contributed by atoms with Crippen LogP contribution in [0.5, 0.6) is 0 Å². The van der Waals surface area contributed by atoms with Gasteiger partial charge in [0.15, 0.2) is 6.10 Å². The highest BCUT2D eigenvalue weighted by atomic mass is 35.5. The van der Waals surface area contributed by atoms with Crippen LogP contribution in [0.3, 0.4) is 0 Å². The Kier molecular flexibility index (Phi) is 4.36. The highest BCUT2D eigenvalue weighted by molar-refractivity contribution is 6.33. The summed E-state index contributed by atoms with van der Waals surface area (Å²) >= 11 is 5.74. The molecule has 1 fully saturated rings. The lowest BCUT2D eigenvalue weighted by Gasteiger charge is -2.22. The molecule has 1 aliphatic rings. The van der Waals surface area contributed by atoms with E-state index in [4.69, 9.17) is 26.2 Å². The molecular formula is C12H12ClNO5. The number of halogens is 1. The molecule has 1 aromatic carbocycles. The molecule has 1 aromatic rings. The van der Waals surface area contributed by atoms with Crippen molar-refractivity contribution in [2.45, 2.75) is 6.10 Å². The van der Waals surface area contributed by atoms with Crippen molar-refractivity contribution in [3.63, 3.8) is 0 Å². The standard InChI is InChI=1S/C12H12ClNO5/c13-9-2-1-7(5-8(9)12(16)17)14-11(15)10-6-18-3-4-19-10/h1-2,5,10H,3-4,6H2,(H,14,15)(H,16,17). The molecule has 1 heterocycles. The lowest BCUT2D eigenvalue weighted by Crippen LogP contribution is -2.39. The zero-order chi connectivity index (χ0) is 13.8. The Morgan fingerprint density at radius 1 is 1.37 bits per heavy atom. The highest BCUT2D eigenvalue weighted by Crippen LogP contribution is 2.21. The Hall–Kier alpha value is -1.63. The second-order valence-electron chi connectivity index (χ2n) is 3.92. The minimum atomic E-state index is -1.15. The van der Waals surface area contributed by atoms with Gasteiger partial charge in [-0.2, -0.15) is 0 Å². The van der Waals surface area contributed by atoms with Crippen LogP contribution in [-0.4, -0.2) is 42.9 Å². The average molecular weight is 286 g/mol. The van der Waals surface area contributed by atoms with E-state index < -0.39 is 12.1 Å². The fourth-order valence-electron chi connectivity index (χ4n) is 1.63. The van der Waals surface area contributed by atoms with Gasteiger partial charge >= 0.3 is 5.97 Å². The molecular weight excluding hydrogens is 274 g/mol. The van der Waals surface area contributed by atoms with Crippen LogP contribution in [0.1, 0.15) is 10.4 Å². The second-order valence-corrected chi connectivity index (χ2v) is 4.33. The maximum atomic E-state index is 11.8. The number of nitrogens with one attached hydrogen (secondary N) is 1. The number of carboxylic acids is 1. The van der Waals surface area contributed by atoms with Crippen molar-refractivity contribution in [1.82, 2.24) is 0 Å². The summed E-state index contributed by atoms with van der Waals surface area (Å²) < 4.78 is 10.4. The molecule has 0 bridgehead atoms. The monoisotopic (exact) mass is 285 g/mol. The number of ether oxygens (including phenoxy) is 2. The van der Waals surface area contributed by atoms with E-state index in [0.717, 1.165) is 0 Å². The molecule has 0 radical (unpaired) electrons. The Bertz CT molecular complexity index is 499. The Labute approximate surface area is 114 Å². The van der Waals surface area contributed by atoms with Gasteiger partial charge in [-0.05, 0) is 18.2 Å². The molecule has 1 saturated heterocycles. The van der Waals surface area contributed by atoms with Crippen LogP contribution < -0.4 is 5.32 Å². The largest absolute Gasteiger partial charge is 0.478 e. The van der Waals surface area contributed by atoms with E-state index in [1.54, 1.807) is 0 Å². The number of amides is 1. The summed E-state index contributed by atoms with van der Waals surface area (Å²) in [6.07, 6.45) is -0.683. The number of carbonyl (C=O) groups excluding carboxylic acids is 1. The van der Waals surface area contributed by atoms with Gasteiger partial charge in [-0.3, -0.25) is 4.79 Å². The molecule has 1 aliphatic heterocycles. The van der Waals surface area contributed by atoms with Crippen molar-refractivity contribution >= 4 is 29.2 Å². The summed E-state index contributed by atoms with van der Waals surface area (Å²) in [5.74, 6) is -1.53. The number of anilines is 1. The van der Waals surface area contributed by atoms with Crippen LogP contribution in [0, 0.1) is 0 Å². The molecule has 0 aromatic heterocycles. The molecule has 102 valence electrons. The summed E-state index contributed by atoms with van der Waals surface area (Å²) in [6, 6.07) is 4.24. The van der Waals surface area contributed by atoms with E-state index in [-0.39, 0.29) is 23.1 Å². The topological polar surface area (TPSA) is 84.9 Å². The number of hydrogen-bond acceptors (Lipinski definition) is 4. The lowest BCUT2D eigenvalue weighted by atomic mass is 10.2. The van der Waals surface area contributed by atoms with Gasteiger partial charge in [0.1, 0.15) is 0 Å². The van der Waals surface area contributed by atoms with Crippen LogP contribution in [0.15, 0.2) is 18.2 Å². The van der Waals surface area contributed by atoms with Crippen LogP contribution in [0.25, 0.3) is 0 Å². The molecule has 2 rings (SSSR count). The third-order valence-electron chi connectivity index (χ3n) is 2.57. The molecule has 1 unspecified atom stereocenters. The van der Waals surface area contributed by atoms with Gasteiger partial charge in [-0.25, -0.2) is 4.79 Å². The van der Waals surface area contributed by atoms with Gasteiger partial charge in [0.25, 0.3) is 5.91 Å². The molecule has 6 nitrogen and oxygen atoms in total. The maximum Gasteiger partial charge on any atom is 0.337 e. The quantitative estimate of drug-likeness (QED) is 0.877. The summed E-state index contributed by atoms with van der Waals surface area (Å²) in [5.41, 5.74) is 0.279. The zero-order valence-electron chi connectivity index (χ0n) is 9.89. The van der Waals surface area contributed by atoms with Crippen molar-refractivity contribution in [2.24, 2.45) is 0 Å². The predicted octanol–water partition coefficient (Wildman–Crippen LogP) is 1.39. The van der Waals surface area contributed by atoms with E-state index in [2.05, 4.69) is 5.32 Å². The Balaban J connectivity index is 2.08. The Morgan fingerprint density at radius 3 is 2.79 bits per heavy atom. The first-order valence-corrected chi connectivity index (χ1v) is 5.99. The lowest BCUT2D eigenvalue weighted by molar-refractivity contribution is -0.142. The number of carbonyl (C=O) groups is 2. The zero-order valence-corrected chi connectivity index (χ0v) is 10.6. The predicted molar refractivity (Wildman–Crippen MR) is 67.6 cm³/mol. The van der Waals surface area contributed by atoms with E-state index in [1.165, 1.54) is 18.2 Å². The van der Waals surface area contributed by atoms with Gasteiger partial charge in [-0.15, -0.1) is 0 Å². The fourth-order valence-corrected chi connectivity index (χ4v) is 1.83. The van der Waals surface area contributed by atoms with Gasteiger partial charge in [0.2, 0.25) is 0 Å². The smallest absolute Gasteiger partial charge is 0.337 e. The molecule has 2 N–H and O–H groups in total. The fraction of sp³-hybridized carbons (Fsp3) is 0.333. The molecule has 7 heteroatoms. The van der Waals surface area contributed by atoms with Gasteiger partial charge in [0.05, 0.1) is 30.4 Å². The van der Waals surface area contributed by atoms with Crippen LogP contribution in [0.4, 0.5) is 5.69 Å². The van der Waals surface area contributed by atoms with Crippen molar-refractivity contribution in [3.05, 3.63) is 28.8 Å². The molecule has 0 spiro atoms. The summed E-state index contributed by atoms with van der Waals surface area (Å²) in [7, 11) is 0. The molecule has 19 heavy (non-hydrogen) atoms. The first kappa shape index (κ1) is 13.8. The van der Waals surface area contributed by atoms with Crippen molar-refractivity contribution in [2.75, 3.05) is 25.1 Å². The normalized spacial score (nSPS) is 18.9. The first-order valence-electron chi connectivity index (χ1n) is 5.61. The summed E-state index contributed by atoms with van der Waals surface area (Å²) in [4.78, 5) is 22.8. The van der Waals surface area contributed by atoms with Gasteiger partial charge in [0, 0.05) is 5.69 Å². The molecule has 1 atom stereocenters. The van der Waals surface area contributed by atoms with E-state index in [1.807, 2.05) is 0 Å². The first-order chi connectivity index (χ1) is 9.08. The molecule has 0 saturated carbocycles. The van der Waals surface area contributed by atoms with Crippen molar-refractivity contribution in [3.8, 4) is 0 Å². The van der Waals surface area contributed by atoms with E-state index >= 15 is 0 Å². The number of hydrogen-bond donors (Lipinski definition) is 2. The number of carboxylic acid groups (broad SMARTS) is 1. The SMILES string of the molecule is O=C(O)c1cc(NC(=O)C2COCCO2)ccc1Cl. The van der Waals surface area contributed by atoms with E-state index in [0.29, 0.717) is 18.9 Å². The number of rotatable bonds is 3. The third-order valence-corrected chi connectivity index (χ3v) is 2.90. The summed E-state index contributed by atoms with van der Waals surface area (Å²) in [5, 5.41) is 11.6. The summed E-state index contributed by atoms with van der Waals surface area (Å²) in [6.45, 7) is 1.01. The third kappa shape index (κ3) is 3.44. The van der Waals surface area contributed by atoms with E-state index in [9.17, 15) is 9.59 Å². The van der Waals surface area contributed by atoms with Crippen molar-refractivity contribution in [1.29, 1.82) is 0 Å². The van der Waals surface area contributed by atoms with Gasteiger partial charge in [-0.1, -0.05) is 11.6 Å². The second kappa shape index (κ2) is 6.01. The number of aromatic carboxylic acids is 1. The molecule has 0 aliphatic carbocycles. The van der Waals surface area contributed by atoms with Gasteiger partial charge < -0.3 is 19.9 Å². The minimum Gasteiger partial charge on any atom is -0.478 e.